The summed E-state index contributed by atoms with van der Waals surface area (Å²) in [7, 11) is 1.28. The molecule has 1 saturated heterocycles. The maximum absolute atomic E-state index is 11.3. The van der Waals surface area contributed by atoms with Gasteiger partial charge < -0.3 is 19.7 Å². The molecule has 0 amide bonds. The highest BCUT2D eigenvalue weighted by atomic mass is 16.5. The van der Waals surface area contributed by atoms with Crippen LogP contribution in [-0.4, -0.2) is 42.4 Å². The van der Waals surface area contributed by atoms with E-state index >= 15 is 0 Å². The zero-order valence-electron chi connectivity index (χ0n) is 11.3. The van der Waals surface area contributed by atoms with E-state index in [9.17, 15) is 9.59 Å². The van der Waals surface area contributed by atoms with Gasteiger partial charge in [-0.3, -0.25) is 4.79 Å². The maximum atomic E-state index is 11.3. The number of nitrogens with zero attached hydrogens (tertiary/aromatic N) is 1. The first-order chi connectivity index (χ1) is 9.60. The van der Waals surface area contributed by atoms with Crippen LogP contribution in [0, 0.1) is 11.8 Å². The second-order valence-electron chi connectivity index (χ2n) is 4.99. The summed E-state index contributed by atoms with van der Waals surface area (Å²) in [5.74, 6) is -0.978. The molecule has 1 aromatic rings. The number of nitrogens with one attached hydrogen (secondary N) is 1. The fraction of sp³-hybridized carbons (Fsp3) is 0.615. The van der Waals surface area contributed by atoms with Crippen molar-refractivity contribution in [2.75, 3.05) is 20.2 Å². The van der Waals surface area contributed by atoms with Gasteiger partial charge in [0.2, 0.25) is 5.76 Å². The zero-order chi connectivity index (χ0) is 14.5. The molecule has 20 heavy (non-hydrogen) atoms. The van der Waals surface area contributed by atoms with Gasteiger partial charge >= 0.3 is 11.9 Å². The highest BCUT2D eigenvalue weighted by Gasteiger charge is 2.28. The lowest BCUT2D eigenvalue weighted by atomic mass is 9.81. The Morgan fingerprint density at radius 1 is 1.55 bits per heavy atom. The Hall–Kier alpha value is -1.89. The van der Waals surface area contributed by atoms with E-state index in [1.165, 1.54) is 7.11 Å². The summed E-state index contributed by atoms with van der Waals surface area (Å²) >= 11 is 0. The van der Waals surface area contributed by atoms with E-state index in [1.54, 1.807) is 6.07 Å². The average Bonchev–Trinajstić information content (AvgIpc) is 2.88. The molecule has 7 heteroatoms. The monoisotopic (exact) mass is 282 g/mol. The van der Waals surface area contributed by atoms with Crippen molar-refractivity contribution in [3.63, 3.8) is 0 Å². The van der Waals surface area contributed by atoms with E-state index in [4.69, 9.17) is 9.63 Å². The summed E-state index contributed by atoms with van der Waals surface area (Å²) in [6.07, 6.45) is 1.58. The van der Waals surface area contributed by atoms with Gasteiger partial charge in [-0.25, -0.2) is 4.79 Å². The van der Waals surface area contributed by atoms with Crippen molar-refractivity contribution in [2.24, 2.45) is 11.8 Å². The summed E-state index contributed by atoms with van der Waals surface area (Å²) < 4.78 is 9.46. The topological polar surface area (TPSA) is 102 Å². The minimum Gasteiger partial charge on any atom is -0.481 e. The fourth-order valence-electron chi connectivity index (χ4n) is 2.58. The molecule has 0 aromatic carbocycles. The molecule has 0 saturated carbocycles. The quantitative estimate of drug-likeness (QED) is 0.766. The zero-order valence-corrected chi connectivity index (χ0v) is 11.3. The number of piperidine rings is 1. The number of carbonyl (C=O) groups excluding carboxylic acids is 1. The summed E-state index contributed by atoms with van der Waals surface area (Å²) in [6, 6.07) is 1.55. The van der Waals surface area contributed by atoms with Crippen LogP contribution in [0.2, 0.25) is 0 Å². The molecule has 110 valence electrons. The second kappa shape index (κ2) is 6.51. The molecular formula is C13H18N2O5. The van der Waals surface area contributed by atoms with Crippen LogP contribution in [0.25, 0.3) is 0 Å². The molecule has 0 aliphatic carbocycles. The molecule has 7 nitrogen and oxygen atoms in total. The standard InChI is InChI=1S/C13H18N2O5/c1-19-13(18)11-6-10(15-20-11)4-9-7-14-3-2-8(9)5-12(16)17/h6,8-9,14H,2-5,7H2,1H3,(H,16,17). The first-order valence-electron chi connectivity index (χ1n) is 6.56. The van der Waals surface area contributed by atoms with Crippen molar-refractivity contribution in [2.45, 2.75) is 19.3 Å². The molecule has 2 unspecified atom stereocenters. The van der Waals surface area contributed by atoms with Gasteiger partial charge in [-0.1, -0.05) is 5.16 Å². The van der Waals surface area contributed by atoms with Crippen LogP contribution in [0.15, 0.2) is 10.6 Å². The molecule has 0 bridgehead atoms. The number of methoxy groups -OCH3 is 1. The van der Waals surface area contributed by atoms with E-state index in [-0.39, 0.29) is 24.0 Å². The fourth-order valence-corrected chi connectivity index (χ4v) is 2.58. The third-order valence-corrected chi connectivity index (χ3v) is 3.62. The SMILES string of the molecule is COC(=O)c1cc(CC2CNCCC2CC(=O)O)no1. The lowest BCUT2D eigenvalue weighted by Gasteiger charge is -2.30. The molecule has 1 aliphatic heterocycles. The molecule has 1 aliphatic rings. The van der Waals surface area contributed by atoms with Crippen LogP contribution < -0.4 is 5.32 Å². The van der Waals surface area contributed by atoms with Crippen molar-refractivity contribution in [3.05, 3.63) is 17.5 Å². The second-order valence-corrected chi connectivity index (χ2v) is 4.99. The third-order valence-electron chi connectivity index (χ3n) is 3.62. The first kappa shape index (κ1) is 14.5. The van der Waals surface area contributed by atoms with Gasteiger partial charge in [0.25, 0.3) is 0 Å². The maximum Gasteiger partial charge on any atom is 0.376 e. The van der Waals surface area contributed by atoms with E-state index < -0.39 is 11.9 Å². The van der Waals surface area contributed by atoms with Gasteiger partial charge in [-0.05, 0) is 37.8 Å². The molecule has 2 heterocycles. The number of aromatic nitrogens is 1. The van der Waals surface area contributed by atoms with E-state index in [2.05, 4.69) is 15.2 Å². The molecular weight excluding hydrogens is 264 g/mol. The van der Waals surface area contributed by atoms with Crippen LogP contribution in [-0.2, 0) is 16.0 Å². The molecule has 1 fully saturated rings. The molecule has 2 atom stereocenters. The molecule has 0 radical (unpaired) electrons. The Balaban J connectivity index is 2.01. The largest absolute Gasteiger partial charge is 0.481 e. The molecule has 1 aromatic heterocycles. The lowest BCUT2D eigenvalue weighted by molar-refractivity contribution is -0.138. The minimum absolute atomic E-state index is 0.0704. The van der Waals surface area contributed by atoms with Crippen LogP contribution in [0.4, 0.5) is 0 Å². The van der Waals surface area contributed by atoms with Crippen LogP contribution in [0.5, 0.6) is 0 Å². The van der Waals surface area contributed by atoms with Crippen molar-refractivity contribution in [1.29, 1.82) is 0 Å². The van der Waals surface area contributed by atoms with Gasteiger partial charge in [0.05, 0.1) is 12.8 Å². The molecule has 0 spiro atoms. The van der Waals surface area contributed by atoms with Crippen molar-refractivity contribution in [1.82, 2.24) is 10.5 Å². The van der Waals surface area contributed by atoms with Crippen molar-refractivity contribution < 1.29 is 24.0 Å². The van der Waals surface area contributed by atoms with Gasteiger partial charge in [0.1, 0.15) is 0 Å². The average molecular weight is 282 g/mol. The number of ether oxygens (including phenoxy) is 1. The lowest BCUT2D eigenvalue weighted by Crippen LogP contribution is -2.38. The van der Waals surface area contributed by atoms with E-state index in [0.29, 0.717) is 12.1 Å². The predicted molar refractivity (Wildman–Crippen MR) is 68.3 cm³/mol. The Bertz CT molecular complexity index is 485. The number of hydrogen-bond acceptors (Lipinski definition) is 6. The van der Waals surface area contributed by atoms with Crippen LogP contribution in [0.1, 0.15) is 29.1 Å². The smallest absolute Gasteiger partial charge is 0.376 e. The Morgan fingerprint density at radius 2 is 2.35 bits per heavy atom. The van der Waals surface area contributed by atoms with E-state index in [0.717, 1.165) is 19.5 Å². The normalized spacial score (nSPS) is 22.4. The third kappa shape index (κ3) is 3.57. The number of rotatable bonds is 5. The Morgan fingerprint density at radius 3 is 3.05 bits per heavy atom. The highest BCUT2D eigenvalue weighted by Crippen LogP contribution is 2.26. The summed E-state index contributed by atoms with van der Waals surface area (Å²) in [6.45, 7) is 1.58. The predicted octanol–water partition coefficient (Wildman–Crippen LogP) is 0.704. The van der Waals surface area contributed by atoms with Gasteiger partial charge in [0.15, 0.2) is 0 Å². The van der Waals surface area contributed by atoms with Gasteiger partial charge in [-0.2, -0.15) is 0 Å². The molecule has 2 N–H and O–H groups in total. The number of carbonyl (C=O) groups is 2. The van der Waals surface area contributed by atoms with Crippen molar-refractivity contribution in [3.8, 4) is 0 Å². The Kier molecular flexibility index (Phi) is 4.73. The number of carboxylic acid groups (broad SMARTS) is 1. The summed E-state index contributed by atoms with van der Waals surface area (Å²) in [4.78, 5) is 22.2. The van der Waals surface area contributed by atoms with Gasteiger partial charge in [-0.15, -0.1) is 0 Å². The molecule has 2 rings (SSSR count). The minimum atomic E-state index is -0.780. The van der Waals surface area contributed by atoms with Crippen LogP contribution in [0.3, 0.4) is 0 Å². The highest BCUT2D eigenvalue weighted by molar-refractivity contribution is 5.86. The Labute approximate surface area is 116 Å². The number of hydrogen-bond donors (Lipinski definition) is 2. The van der Waals surface area contributed by atoms with E-state index in [1.807, 2.05) is 0 Å². The van der Waals surface area contributed by atoms with Crippen molar-refractivity contribution >= 4 is 11.9 Å². The number of esters is 1. The van der Waals surface area contributed by atoms with Crippen LogP contribution >= 0.6 is 0 Å². The summed E-state index contributed by atoms with van der Waals surface area (Å²) in [5, 5.41) is 16.0. The van der Waals surface area contributed by atoms with Gasteiger partial charge in [0, 0.05) is 12.5 Å². The summed E-state index contributed by atoms with van der Waals surface area (Å²) in [5.41, 5.74) is 0.648. The number of carboxylic acids is 1. The first-order valence-corrected chi connectivity index (χ1v) is 6.56. The number of aliphatic carboxylic acids is 1.